The number of carboxylic acid groups (broad SMARTS) is 1. The zero-order valence-electron chi connectivity index (χ0n) is 10.5. The van der Waals surface area contributed by atoms with Crippen molar-refractivity contribution in [2.24, 2.45) is 0 Å². The van der Waals surface area contributed by atoms with Crippen LogP contribution in [0.2, 0.25) is 0 Å². The van der Waals surface area contributed by atoms with Gasteiger partial charge in [0.25, 0.3) is 5.91 Å². The second kappa shape index (κ2) is 6.06. The molecule has 5 nitrogen and oxygen atoms in total. The van der Waals surface area contributed by atoms with E-state index < -0.39 is 18.4 Å². The third kappa shape index (κ3) is 3.37. The number of amides is 1. The van der Waals surface area contributed by atoms with Crippen molar-refractivity contribution in [3.05, 3.63) is 40.7 Å². The molecule has 104 valence electrons. The fourth-order valence-corrected chi connectivity index (χ4v) is 2.92. The Kier molecular flexibility index (Phi) is 4.41. The van der Waals surface area contributed by atoms with E-state index in [1.165, 1.54) is 0 Å². The summed E-state index contributed by atoms with van der Waals surface area (Å²) in [5, 5.41) is 10.6. The average Bonchev–Trinajstić information content (AvgIpc) is 2.93. The highest BCUT2D eigenvalue weighted by Gasteiger charge is 2.31. The van der Waals surface area contributed by atoms with E-state index in [0.29, 0.717) is 10.7 Å². The maximum atomic E-state index is 12.0. The number of allylic oxidation sites excluding steroid dienone is 2. The smallest absolute Gasteiger partial charge is 0.266 e. The van der Waals surface area contributed by atoms with Crippen LogP contribution in [-0.2, 0) is 9.59 Å². The zero-order chi connectivity index (χ0) is 14.7. The summed E-state index contributed by atoms with van der Waals surface area (Å²) in [4.78, 5) is 24.0. The summed E-state index contributed by atoms with van der Waals surface area (Å²) in [7, 11) is 0. The molecule has 0 bridgehead atoms. The Labute approximate surface area is 124 Å². The van der Waals surface area contributed by atoms with E-state index in [9.17, 15) is 14.7 Å². The summed E-state index contributed by atoms with van der Waals surface area (Å²) in [6.07, 6.45) is 4.97. The van der Waals surface area contributed by atoms with Gasteiger partial charge in [0.15, 0.2) is 0 Å². The van der Waals surface area contributed by atoms with Gasteiger partial charge >= 0.3 is 0 Å². The van der Waals surface area contributed by atoms with Crippen molar-refractivity contribution in [3.8, 4) is 0 Å². The largest absolute Gasteiger partial charge is 0.548 e. The predicted octanol–water partition coefficient (Wildman–Crippen LogP) is 1.18. The van der Waals surface area contributed by atoms with E-state index >= 15 is 0 Å². The molecule has 0 N–H and O–H groups in total. The summed E-state index contributed by atoms with van der Waals surface area (Å²) >= 11 is 6.05. The van der Waals surface area contributed by atoms with Gasteiger partial charge in [-0.15, -0.1) is 0 Å². The number of furan rings is 1. The maximum Gasteiger partial charge on any atom is 0.266 e. The van der Waals surface area contributed by atoms with Crippen LogP contribution in [-0.4, -0.2) is 27.6 Å². The normalized spacial score (nSPS) is 18.1. The van der Waals surface area contributed by atoms with Gasteiger partial charge in [0.05, 0.1) is 23.7 Å². The highest BCUT2D eigenvalue weighted by molar-refractivity contribution is 8.26. The minimum absolute atomic E-state index is 0.219. The highest BCUT2D eigenvalue weighted by Crippen LogP contribution is 2.31. The van der Waals surface area contributed by atoms with Gasteiger partial charge < -0.3 is 14.3 Å². The van der Waals surface area contributed by atoms with E-state index in [0.717, 1.165) is 22.2 Å². The van der Waals surface area contributed by atoms with Crippen LogP contribution in [0.25, 0.3) is 6.08 Å². The number of thioether (sulfide) groups is 1. The monoisotopic (exact) mass is 308 g/mol. The summed E-state index contributed by atoms with van der Waals surface area (Å²) in [6, 6.07) is 3.55. The van der Waals surface area contributed by atoms with Crippen molar-refractivity contribution in [1.29, 1.82) is 0 Å². The molecule has 1 aromatic rings. The molecule has 0 spiro atoms. The van der Waals surface area contributed by atoms with E-state index in [-0.39, 0.29) is 4.32 Å². The molecule has 20 heavy (non-hydrogen) atoms. The van der Waals surface area contributed by atoms with Gasteiger partial charge in [0.1, 0.15) is 10.1 Å². The minimum atomic E-state index is -1.34. The number of carbonyl (C=O) groups excluding carboxylic acids is 2. The average molecular weight is 308 g/mol. The lowest BCUT2D eigenvalue weighted by Gasteiger charge is -2.14. The van der Waals surface area contributed by atoms with Crippen molar-refractivity contribution < 1.29 is 19.1 Å². The molecule has 0 aromatic carbocycles. The fraction of sp³-hybridized carbons (Fsp3) is 0.154. The number of thiocarbonyl (C=S) groups is 1. The van der Waals surface area contributed by atoms with Crippen LogP contribution in [0.5, 0.6) is 0 Å². The first-order valence-electron chi connectivity index (χ1n) is 5.64. The second-order valence-corrected chi connectivity index (χ2v) is 5.72. The van der Waals surface area contributed by atoms with Crippen LogP contribution < -0.4 is 5.11 Å². The molecule has 0 atom stereocenters. The molecule has 2 heterocycles. The van der Waals surface area contributed by atoms with Gasteiger partial charge in [0.2, 0.25) is 0 Å². The van der Waals surface area contributed by atoms with E-state index in [4.69, 9.17) is 16.6 Å². The van der Waals surface area contributed by atoms with Crippen LogP contribution in [0.15, 0.2) is 39.4 Å². The van der Waals surface area contributed by atoms with Crippen molar-refractivity contribution in [2.45, 2.75) is 6.92 Å². The molecule has 0 unspecified atom stereocenters. The molecule has 1 fully saturated rings. The maximum absolute atomic E-state index is 12.0. The number of hydrogen-bond acceptors (Lipinski definition) is 6. The number of rotatable bonds is 4. The highest BCUT2D eigenvalue weighted by atomic mass is 32.2. The van der Waals surface area contributed by atoms with Crippen LogP contribution in [0.3, 0.4) is 0 Å². The summed E-state index contributed by atoms with van der Waals surface area (Å²) < 4.78 is 5.39. The van der Waals surface area contributed by atoms with Gasteiger partial charge in [-0.1, -0.05) is 24.0 Å². The number of nitrogens with zero attached hydrogens (tertiary/aromatic N) is 1. The van der Waals surface area contributed by atoms with Gasteiger partial charge in [0, 0.05) is 0 Å². The van der Waals surface area contributed by atoms with Crippen molar-refractivity contribution in [2.75, 3.05) is 6.54 Å². The molecule has 0 radical (unpaired) electrons. The third-order valence-electron chi connectivity index (χ3n) is 2.43. The summed E-state index contributed by atoms with van der Waals surface area (Å²) in [5.41, 5.74) is 0.800. The lowest BCUT2D eigenvalue weighted by atomic mass is 10.2. The van der Waals surface area contributed by atoms with Crippen molar-refractivity contribution in [3.63, 3.8) is 0 Å². The van der Waals surface area contributed by atoms with Crippen LogP contribution in [0.1, 0.15) is 12.7 Å². The molecule has 1 aliphatic heterocycles. The Morgan fingerprint density at radius 1 is 1.60 bits per heavy atom. The SMILES string of the molecule is CC(=C\c1ccco1)/C=C1/SC(=S)N(CC(=O)[O-])C1=O. The minimum Gasteiger partial charge on any atom is -0.548 e. The Hall–Kier alpha value is -1.86. The molecule has 1 aliphatic rings. The zero-order valence-corrected chi connectivity index (χ0v) is 12.1. The predicted molar refractivity (Wildman–Crippen MR) is 77.4 cm³/mol. The first kappa shape index (κ1) is 14.5. The molecule has 1 aromatic heterocycles. The van der Waals surface area contributed by atoms with Gasteiger partial charge in [-0.05, 0) is 36.8 Å². The Morgan fingerprint density at radius 2 is 2.35 bits per heavy atom. The third-order valence-corrected chi connectivity index (χ3v) is 3.81. The number of aliphatic carboxylic acids is 1. The molecule has 1 amide bonds. The lowest BCUT2D eigenvalue weighted by molar-refractivity contribution is -0.305. The van der Waals surface area contributed by atoms with E-state index in [1.54, 1.807) is 30.5 Å². The molecule has 7 heteroatoms. The topological polar surface area (TPSA) is 73.6 Å². The molecular formula is C13H10NO4S2-. The van der Waals surface area contributed by atoms with Gasteiger partial charge in [-0.25, -0.2) is 0 Å². The fourth-order valence-electron chi connectivity index (χ4n) is 1.61. The Morgan fingerprint density at radius 3 is 2.95 bits per heavy atom. The van der Waals surface area contributed by atoms with Gasteiger partial charge in [-0.2, -0.15) is 0 Å². The number of carboxylic acids is 1. The van der Waals surface area contributed by atoms with Crippen molar-refractivity contribution >= 4 is 46.3 Å². The summed E-state index contributed by atoms with van der Waals surface area (Å²) in [5.74, 6) is -1.09. The Bertz CT molecular complexity index is 616. The van der Waals surface area contributed by atoms with Gasteiger partial charge in [-0.3, -0.25) is 9.69 Å². The van der Waals surface area contributed by atoms with Crippen LogP contribution >= 0.6 is 24.0 Å². The molecule has 1 saturated heterocycles. The number of hydrogen-bond donors (Lipinski definition) is 0. The molecule has 0 aliphatic carbocycles. The summed E-state index contributed by atoms with van der Waals surface area (Å²) in [6.45, 7) is 1.29. The quantitative estimate of drug-likeness (QED) is 0.614. The Balaban J connectivity index is 2.17. The first-order chi connectivity index (χ1) is 9.47. The molecular weight excluding hydrogens is 298 g/mol. The van der Waals surface area contributed by atoms with Crippen LogP contribution in [0, 0.1) is 0 Å². The number of carbonyl (C=O) groups is 2. The lowest BCUT2D eigenvalue weighted by Crippen LogP contribution is -2.40. The second-order valence-electron chi connectivity index (χ2n) is 4.04. The van der Waals surface area contributed by atoms with Crippen molar-refractivity contribution in [1.82, 2.24) is 4.90 Å². The first-order valence-corrected chi connectivity index (χ1v) is 6.87. The molecule has 2 rings (SSSR count). The van der Waals surface area contributed by atoms with E-state index in [2.05, 4.69) is 0 Å². The standard InChI is InChI=1S/C13H11NO4S2/c1-8(5-9-3-2-4-18-9)6-10-12(17)14(7-11(15)16)13(19)20-10/h2-6H,7H2,1H3,(H,15,16)/p-1/b8-5+,10-6+. The van der Waals surface area contributed by atoms with Crippen LogP contribution in [0.4, 0.5) is 0 Å². The molecule has 0 saturated carbocycles. The van der Waals surface area contributed by atoms with E-state index in [1.807, 2.05) is 6.92 Å².